The van der Waals surface area contributed by atoms with Gasteiger partial charge in [-0.25, -0.2) is 4.98 Å². The number of imidazole rings is 1. The van der Waals surface area contributed by atoms with E-state index in [4.69, 9.17) is 0 Å². The first-order chi connectivity index (χ1) is 11.7. The first-order valence-electron chi connectivity index (χ1n) is 9.09. The van der Waals surface area contributed by atoms with E-state index in [0.29, 0.717) is 5.92 Å². The van der Waals surface area contributed by atoms with Crippen molar-refractivity contribution in [3.63, 3.8) is 0 Å². The first-order valence-corrected chi connectivity index (χ1v) is 9.09. The van der Waals surface area contributed by atoms with Crippen LogP contribution in [0.2, 0.25) is 0 Å². The summed E-state index contributed by atoms with van der Waals surface area (Å²) >= 11 is 0. The molecular weight excluding hydrogens is 302 g/mol. The molecule has 6 nitrogen and oxygen atoms in total. The van der Waals surface area contributed by atoms with Crippen LogP contribution in [0.1, 0.15) is 44.0 Å². The van der Waals surface area contributed by atoms with Gasteiger partial charge in [-0.1, -0.05) is 6.42 Å². The monoisotopic (exact) mass is 331 g/mol. The van der Waals surface area contributed by atoms with Gasteiger partial charge >= 0.3 is 0 Å². The van der Waals surface area contributed by atoms with Crippen molar-refractivity contribution in [1.82, 2.24) is 24.2 Å². The van der Waals surface area contributed by atoms with Gasteiger partial charge in [0, 0.05) is 38.4 Å². The van der Waals surface area contributed by atoms with Gasteiger partial charge in [-0.05, 0) is 57.3 Å². The summed E-state index contributed by atoms with van der Waals surface area (Å²) in [6.07, 6.45) is 12.9. The number of hydrogen-bond acceptors (Lipinski definition) is 4. The van der Waals surface area contributed by atoms with Crippen LogP contribution in [0.25, 0.3) is 0 Å². The number of aryl methyl sites for hydroxylation is 2. The zero-order valence-electron chi connectivity index (χ0n) is 14.6. The van der Waals surface area contributed by atoms with Gasteiger partial charge in [0.25, 0.3) is 0 Å². The lowest BCUT2D eigenvalue weighted by molar-refractivity contribution is 0.0507. The molecule has 3 heterocycles. The lowest BCUT2D eigenvalue weighted by atomic mass is 9.90. The van der Waals surface area contributed by atoms with Crippen molar-refractivity contribution in [2.45, 2.75) is 44.8 Å². The number of nitrogens with zero attached hydrogens (tertiary/aromatic N) is 5. The summed E-state index contributed by atoms with van der Waals surface area (Å²) < 4.78 is 3.93. The van der Waals surface area contributed by atoms with E-state index in [-0.39, 0.29) is 0 Å². The van der Waals surface area contributed by atoms with E-state index >= 15 is 0 Å². The summed E-state index contributed by atoms with van der Waals surface area (Å²) in [6.45, 7) is 4.37. The third-order valence-corrected chi connectivity index (χ3v) is 5.12. The Morgan fingerprint density at radius 2 is 1.92 bits per heavy atom. The summed E-state index contributed by atoms with van der Waals surface area (Å²) in [7, 11) is 1.95. The summed E-state index contributed by atoms with van der Waals surface area (Å²) in [4.78, 5) is 6.83. The maximum atomic E-state index is 10.5. The molecule has 132 valence electrons. The Kier molecular flexibility index (Phi) is 6.04. The standard InChI is InChI=1S/C18H29N5O/c1-21-15-9-19-18(21)17(24)16-6-13-22(14-7-16)10-3-2-4-11-23-12-5-8-20-23/h5,8-9,12,15-17,24H,2-4,6-7,10-11,13-14H2,1H3. The summed E-state index contributed by atoms with van der Waals surface area (Å²) in [5.41, 5.74) is 0. The van der Waals surface area contributed by atoms with Crippen LogP contribution in [0.3, 0.4) is 0 Å². The number of unbranched alkanes of at least 4 members (excludes halogenated alkanes) is 2. The van der Waals surface area contributed by atoms with Gasteiger partial charge in [0.1, 0.15) is 11.9 Å². The normalized spacial score (nSPS) is 18.1. The van der Waals surface area contributed by atoms with Crippen LogP contribution in [0.15, 0.2) is 30.9 Å². The van der Waals surface area contributed by atoms with Crippen molar-refractivity contribution in [3.8, 4) is 0 Å². The smallest absolute Gasteiger partial charge is 0.137 e. The van der Waals surface area contributed by atoms with Gasteiger partial charge < -0.3 is 14.6 Å². The number of aliphatic hydroxyl groups is 1. The predicted octanol–water partition coefficient (Wildman–Crippen LogP) is 2.23. The van der Waals surface area contributed by atoms with E-state index in [1.54, 1.807) is 6.20 Å². The minimum absolute atomic E-state index is 0.335. The molecule has 6 heteroatoms. The first kappa shape index (κ1) is 17.2. The maximum Gasteiger partial charge on any atom is 0.137 e. The van der Waals surface area contributed by atoms with E-state index in [1.165, 1.54) is 25.8 Å². The summed E-state index contributed by atoms with van der Waals surface area (Å²) in [5, 5.41) is 14.8. The molecule has 1 atom stereocenters. The van der Waals surface area contributed by atoms with Crippen molar-refractivity contribution >= 4 is 0 Å². The Bertz CT molecular complexity index is 586. The molecule has 0 amide bonds. The third-order valence-electron chi connectivity index (χ3n) is 5.12. The quantitative estimate of drug-likeness (QED) is 0.754. The van der Waals surface area contributed by atoms with Crippen LogP contribution < -0.4 is 0 Å². The number of hydrogen-bond donors (Lipinski definition) is 1. The average Bonchev–Trinajstić information content (AvgIpc) is 3.26. The Morgan fingerprint density at radius 1 is 1.12 bits per heavy atom. The minimum Gasteiger partial charge on any atom is -0.385 e. The highest BCUT2D eigenvalue weighted by Gasteiger charge is 2.28. The molecule has 0 radical (unpaired) electrons. The van der Waals surface area contributed by atoms with Crippen LogP contribution in [-0.4, -0.2) is 49.0 Å². The van der Waals surface area contributed by atoms with Crippen molar-refractivity contribution in [1.29, 1.82) is 0 Å². The fourth-order valence-corrected chi connectivity index (χ4v) is 3.58. The van der Waals surface area contributed by atoms with Crippen LogP contribution in [0.5, 0.6) is 0 Å². The lowest BCUT2D eigenvalue weighted by Gasteiger charge is -2.34. The van der Waals surface area contributed by atoms with E-state index in [0.717, 1.165) is 38.3 Å². The van der Waals surface area contributed by atoms with E-state index in [1.807, 2.05) is 41.0 Å². The molecule has 24 heavy (non-hydrogen) atoms. The number of aromatic nitrogens is 4. The second kappa shape index (κ2) is 8.44. The van der Waals surface area contributed by atoms with Gasteiger partial charge in [0.2, 0.25) is 0 Å². The van der Waals surface area contributed by atoms with Crippen LogP contribution in [-0.2, 0) is 13.6 Å². The summed E-state index contributed by atoms with van der Waals surface area (Å²) in [6, 6.07) is 1.98. The second-order valence-electron chi connectivity index (χ2n) is 6.85. The fraction of sp³-hybridized carbons (Fsp3) is 0.667. The molecule has 0 spiro atoms. The molecule has 1 unspecified atom stereocenters. The molecule has 1 aliphatic rings. The number of rotatable bonds is 8. The minimum atomic E-state index is -0.429. The molecular formula is C18H29N5O. The predicted molar refractivity (Wildman–Crippen MR) is 93.4 cm³/mol. The highest BCUT2D eigenvalue weighted by Crippen LogP contribution is 2.29. The number of aliphatic hydroxyl groups excluding tert-OH is 1. The Hall–Kier alpha value is -1.66. The topological polar surface area (TPSA) is 59.1 Å². The largest absolute Gasteiger partial charge is 0.385 e. The van der Waals surface area contributed by atoms with Crippen LogP contribution in [0.4, 0.5) is 0 Å². The molecule has 0 bridgehead atoms. The molecule has 1 aliphatic heterocycles. The van der Waals surface area contributed by atoms with E-state index in [2.05, 4.69) is 15.0 Å². The fourth-order valence-electron chi connectivity index (χ4n) is 3.58. The van der Waals surface area contributed by atoms with Crippen molar-refractivity contribution < 1.29 is 5.11 Å². The molecule has 1 N–H and O–H groups in total. The molecule has 2 aromatic rings. The zero-order chi connectivity index (χ0) is 16.8. The Labute approximate surface area is 144 Å². The molecule has 2 aromatic heterocycles. The average molecular weight is 331 g/mol. The zero-order valence-corrected chi connectivity index (χ0v) is 14.6. The van der Waals surface area contributed by atoms with Gasteiger partial charge in [0.15, 0.2) is 0 Å². The lowest BCUT2D eigenvalue weighted by Crippen LogP contribution is -2.36. The van der Waals surface area contributed by atoms with Crippen molar-refractivity contribution in [3.05, 3.63) is 36.7 Å². The van der Waals surface area contributed by atoms with Crippen LogP contribution >= 0.6 is 0 Å². The van der Waals surface area contributed by atoms with Gasteiger partial charge in [0.05, 0.1) is 0 Å². The third kappa shape index (κ3) is 4.45. The highest BCUT2D eigenvalue weighted by atomic mass is 16.3. The Balaban J connectivity index is 1.31. The molecule has 1 saturated heterocycles. The van der Waals surface area contributed by atoms with Crippen LogP contribution in [0, 0.1) is 5.92 Å². The maximum absolute atomic E-state index is 10.5. The summed E-state index contributed by atoms with van der Waals surface area (Å²) in [5.74, 6) is 1.13. The number of likely N-dealkylation sites (tertiary alicyclic amines) is 1. The van der Waals surface area contributed by atoms with Gasteiger partial charge in [-0.15, -0.1) is 0 Å². The molecule has 0 aliphatic carbocycles. The van der Waals surface area contributed by atoms with E-state index in [9.17, 15) is 5.11 Å². The van der Waals surface area contributed by atoms with Crippen molar-refractivity contribution in [2.24, 2.45) is 13.0 Å². The number of piperidine rings is 1. The van der Waals surface area contributed by atoms with E-state index < -0.39 is 6.10 Å². The van der Waals surface area contributed by atoms with Crippen molar-refractivity contribution in [2.75, 3.05) is 19.6 Å². The highest BCUT2D eigenvalue weighted by molar-refractivity contribution is 4.98. The Morgan fingerprint density at radius 3 is 2.58 bits per heavy atom. The van der Waals surface area contributed by atoms with Gasteiger partial charge in [-0.2, -0.15) is 5.10 Å². The molecule has 1 fully saturated rings. The molecule has 0 saturated carbocycles. The second-order valence-corrected chi connectivity index (χ2v) is 6.85. The molecule has 3 rings (SSSR count). The van der Waals surface area contributed by atoms with Gasteiger partial charge in [-0.3, -0.25) is 4.68 Å². The SMILES string of the molecule is Cn1ccnc1C(O)C1CCN(CCCCCn2cccn2)CC1. The molecule has 0 aromatic carbocycles.